The summed E-state index contributed by atoms with van der Waals surface area (Å²) in [5, 5.41) is 14.4. The van der Waals surface area contributed by atoms with Crippen molar-refractivity contribution in [2.24, 2.45) is 0 Å². The molecule has 0 radical (unpaired) electrons. The first-order chi connectivity index (χ1) is 17.4. The third kappa shape index (κ3) is 6.28. The minimum atomic E-state index is -1.08. The Bertz CT molecular complexity index is 1320. The van der Waals surface area contributed by atoms with Crippen LogP contribution in [0.3, 0.4) is 0 Å². The molecule has 184 valence electrons. The van der Waals surface area contributed by atoms with Crippen LogP contribution in [-0.2, 0) is 17.9 Å². The lowest BCUT2D eigenvalue weighted by atomic mass is 10.1. The number of hydrogen-bond acceptors (Lipinski definition) is 6. The molecule has 1 unspecified atom stereocenters. The fraction of sp³-hybridized carbons (Fsp3) is 0.179. The summed E-state index contributed by atoms with van der Waals surface area (Å²) in [4.78, 5) is 30.5. The van der Waals surface area contributed by atoms with Gasteiger partial charge in [0.25, 0.3) is 5.91 Å². The maximum absolute atomic E-state index is 12.3. The molecular weight excluding hydrogens is 474 g/mol. The molecule has 0 bridgehead atoms. The quantitative estimate of drug-likeness (QED) is 0.309. The number of thiazole rings is 1. The Hall–Kier alpha value is -4.17. The maximum atomic E-state index is 12.3. The number of carbonyl (C=O) groups is 2. The number of amides is 1. The van der Waals surface area contributed by atoms with Crippen molar-refractivity contribution in [2.45, 2.75) is 26.1 Å². The van der Waals surface area contributed by atoms with Gasteiger partial charge < -0.3 is 20.1 Å². The van der Waals surface area contributed by atoms with E-state index in [2.05, 4.69) is 22.3 Å². The van der Waals surface area contributed by atoms with Crippen LogP contribution in [-0.4, -0.2) is 35.1 Å². The number of hydrogen-bond donors (Lipinski definition) is 2. The molecule has 0 fully saturated rings. The number of ether oxygens (including phenoxy) is 1. The highest BCUT2D eigenvalue weighted by Crippen LogP contribution is 2.31. The Kier molecular flexibility index (Phi) is 7.97. The molecule has 2 N–H and O–H groups in total. The van der Waals surface area contributed by atoms with Gasteiger partial charge in [-0.1, -0.05) is 54.6 Å². The molecule has 1 aromatic heterocycles. The predicted octanol–water partition coefficient (Wildman–Crippen LogP) is 5.23. The average molecular weight is 502 g/mol. The molecule has 1 atom stereocenters. The molecule has 4 aromatic rings. The lowest BCUT2D eigenvalue weighted by Gasteiger charge is -2.22. The van der Waals surface area contributed by atoms with Crippen LogP contribution in [0.2, 0.25) is 0 Å². The number of nitrogens with one attached hydrogen (secondary N) is 1. The Morgan fingerprint density at radius 1 is 1.00 bits per heavy atom. The highest BCUT2D eigenvalue weighted by atomic mass is 32.1. The highest BCUT2D eigenvalue weighted by Gasteiger charge is 2.17. The summed E-state index contributed by atoms with van der Waals surface area (Å²) in [6.07, 6.45) is 0. The number of nitrogens with zero attached hydrogens (tertiary/aromatic N) is 2. The maximum Gasteiger partial charge on any atom is 0.325 e. The van der Waals surface area contributed by atoms with Crippen LogP contribution in [0.15, 0.2) is 84.2 Å². The van der Waals surface area contributed by atoms with E-state index >= 15 is 0 Å². The van der Waals surface area contributed by atoms with E-state index in [-0.39, 0.29) is 0 Å². The van der Waals surface area contributed by atoms with E-state index < -0.39 is 17.9 Å². The number of carboxylic acids is 1. The number of rotatable bonds is 10. The van der Waals surface area contributed by atoms with Crippen LogP contribution in [0.4, 0.5) is 5.13 Å². The van der Waals surface area contributed by atoms with Crippen molar-refractivity contribution in [1.82, 2.24) is 10.3 Å². The van der Waals surface area contributed by atoms with Crippen LogP contribution in [0.5, 0.6) is 5.75 Å². The summed E-state index contributed by atoms with van der Waals surface area (Å²) < 4.78 is 5.36. The summed E-state index contributed by atoms with van der Waals surface area (Å²) >= 11 is 1.58. The summed E-state index contributed by atoms with van der Waals surface area (Å²) in [6.45, 7) is 2.70. The SMILES string of the molecule is COc1cccc(-c2csc(N(Cc3ccccc3)Cc3ccc(C(=O)NC(C)C(=O)O)cc3)n2)c1. The molecule has 0 saturated heterocycles. The fourth-order valence-electron chi connectivity index (χ4n) is 3.64. The monoisotopic (exact) mass is 501 g/mol. The van der Waals surface area contributed by atoms with E-state index in [9.17, 15) is 9.59 Å². The smallest absolute Gasteiger partial charge is 0.325 e. The minimum Gasteiger partial charge on any atom is -0.497 e. The molecule has 0 spiro atoms. The number of methoxy groups -OCH3 is 1. The van der Waals surface area contributed by atoms with Gasteiger partial charge in [0.1, 0.15) is 11.8 Å². The van der Waals surface area contributed by atoms with Gasteiger partial charge in [-0.05, 0) is 42.3 Å². The number of carboxylic acid groups (broad SMARTS) is 1. The predicted molar refractivity (Wildman–Crippen MR) is 141 cm³/mol. The van der Waals surface area contributed by atoms with E-state index in [4.69, 9.17) is 14.8 Å². The van der Waals surface area contributed by atoms with Crippen molar-refractivity contribution in [2.75, 3.05) is 12.0 Å². The Balaban J connectivity index is 1.55. The van der Waals surface area contributed by atoms with Crippen molar-refractivity contribution >= 4 is 28.3 Å². The van der Waals surface area contributed by atoms with E-state index in [0.717, 1.165) is 33.3 Å². The number of anilines is 1. The zero-order valence-corrected chi connectivity index (χ0v) is 20.9. The number of aliphatic carboxylic acids is 1. The molecule has 0 aliphatic heterocycles. The molecule has 36 heavy (non-hydrogen) atoms. The zero-order chi connectivity index (χ0) is 25.5. The molecule has 0 saturated carbocycles. The van der Waals surface area contributed by atoms with E-state index in [1.807, 2.05) is 60.0 Å². The van der Waals surface area contributed by atoms with Gasteiger partial charge in [-0.25, -0.2) is 4.98 Å². The Morgan fingerprint density at radius 2 is 1.69 bits per heavy atom. The molecule has 4 rings (SSSR count). The Labute approximate surface area is 214 Å². The lowest BCUT2D eigenvalue weighted by molar-refractivity contribution is -0.138. The molecule has 0 aliphatic rings. The summed E-state index contributed by atoms with van der Waals surface area (Å²) in [5.74, 6) is -0.709. The summed E-state index contributed by atoms with van der Waals surface area (Å²) in [5.41, 5.74) is 4.45. The van der Waals surface area contributed by atoms with Gasteiger partial charge in [0.2, 0.25) is 0 Å². The number of aromatic nitrogens is 1. The third-order valence-corrected chi connectivity index (χ3v) is 6.55. The standard InChI is InChI=1S/C28H27N3O4S/c1-19(27(33)34)29-26(32)22-13-11-21(12-14-22)17-31(16-20-7-4-3-5-8-20)28-30-25(18-36-28)23-9-6-10-24(15-23)35-2/h3-15,18-19H,16-17H2,1-2H3,(H,29,32)(H,33,34). The van der Waals surface area contributed by atoms with Crippen molar-refractivity contribution in [3.63, 3.8) is 0 Å². The summed E-state index contributed by atoms with van der Waals surface area (Å²) in [6, 6.07) is 24.3. The van der Waals surface area contributed by atoms with Gasteiger partial charge in [-0.3, -0.25) is 9.59 Å². The fourth-order valence-corrected chi connectivity index (χ4v) is 4.48. The molecule has 7 nitrogen and oxygen atoms in total. The highest BCUT2D eigenvalue weighted by molar-refractivity contribution is 7.14. The van der Waals surface area contributed by atoms with Crippen molar-refractivity contribution < 1.29 is 19.4 Å². The molecule has 8 heteroatoms. The van der Waals surface area contributed by atoms with Gasteiger partial charge in [0, 0.05) is 29.6 Å². The zero-order valence-electron chi connectivity index (χ0n) is 20.0. The second-order valence-corrected chi connectivity index (χ2v) is 9.16. The van der Waals surface area contributed by atoms with Crippen LogP contribution >= 0.6 is 11.3 Å². The molecule has 1 heterocycles. The second-order valence-electron chi connectivity index (χ2n) is 8.32. The normalized spacial score (nSPS) is 11.5. The molecule has 0 aliphatic carbocycles. The number of benzene rings is 3. The van der Waals surface area contributed by atoms with Gasteiger partial charge in [-0.2, -0.15) is 0 Å². The second kappa shape index (κ2) is 11.5. The first-order valence-corrected chi connectivity index (χ1v) is 12.3. The molecule has 1 amide bonds. The lowest BCUT2D eigenvalue weighted by Crippen LogP contribution is -2.38. The van der Waals surface area contributed by atoms with Gasteiger partial charge >= 0.3 is 5.97 Å². The van der Waals surface area contributed by atoms with E-state index in [0.29, 0.717) is 18.7 Å². The first kappa shape index (κ1) is 24.9. The first-order valence-electron chi connectivity index (χ1n) is 11.4. The van der Waals surface area contributed by atoms with Crippen LogP contribution in [0, 0.1) is 0 Å². The van der Waals surface area contributed by atoms with Crippen molar-refractivity contribution in [3.05, 3.63) is 101 Å². The topological polar surface area (TPSA) is 91.8 Å². The Morgan fingerprint density at radius 3 is 2.36 bits per heavy atom. The van der Waals surface area contributed by atoms with E-state index in [1.165, 1.54) is 6.92 Å². The summed E-state index contributed by atoms with van der Waals surface area (Å²) in [7, 11) is 1.65. The van der Waals surface area contributed by atoms with Gasteiger partial charge in [0.05, 0.1) is 12.8 Å². The van der Waals surface area contributed by atoms with Crippen LogP contribution in [0.1, 0.15) is 28.4 Å². The molecule has 3 aromatic carbocycles. The molecular formula is C28H27N3O4S. The van der Waals surface area contributed by atoms with Crippen molar-refractivity contribution in [3.8, 4) is 17.0 Å². The van der Waals surface area contributed by atoms with Crippen LogP contribution < -0.4 is 15.0 Å². The minimum absolute atomic E-state index is 0.413. The largest absolute Gasteiger partial charge is 0.497 e. The van der Waals surface area contributed by atoms with Gasteiger partial charge in [-0.15, -0.1) is 11.3 Å². The van der Waals surface area contributed by atoms with E-state index in [1.54, 1.807) is 30.6 Å². The third-order valence-electron chi connectivity index (χ3n) is 5.65. The van der Waals surface area contributed by atoms with Gasteiger partial charge in [0.15, 0.2) is 5.13 Å². The number of carbonyl (C=O) groups excluding carboxylic acids is 1. The van der Waals surface area contributed by atoms with Crippen LogP contribution in [0.25, 0.3) is 11.3 Å². The average Bonchev–Trinajstić information content (AvgIpc) is 3.40. The van der Waals surface area contributed by atoms with Crippen molar-refractivity contribution in [1.29, 1.82) is 0 Å².